The van der Waals surface area contributed by atoms with Gasteiger partial charge in [0.25, 0.3) is 0 Å². The molecule has 92 valence electrons. The Morgan fingerprint density at radius 1 is 1.38 bits per heavy atom. The van der Waals surface area contributed by atoms with Crippen LogP contribution in [-0.2, 0) is 9.53 Å². The van der Waals surface area contributed by atoms with Gasteiger partial charge < -0.3 is 9.64 Å². The van der Waals surface area contributed by atoms with Gasteiger partial charge in [0.05, 0.1) is 24.9 Å². The predicted molar refractivity (Wildman–Crippen MR) is 62.0 cm³/mol. The Hall–Kier alpha value is -0.610. The molecule has 2 unspecified atom stereocenters. The van der Waals surface area contributed by atoms with Gasteiger partial charge in [-0.1, -0.05) is 12.8 Å². The van der Waals surface area contributed by atoms with Crippen LogP contribution >= 0.6 is 0 Å². The Bertz CT molecular complexity index is 251. The van der Waals surface area contributed by atoms with Crippen molar-refractivity contribution in [2.24, 2.45) is 0 Å². The van der Waals surface area contributed by atoms with E-state index >= 15 is 0 Å². The summed E-state index contributed by atoms with van der Waals surface area (Å²) in [6.07, 6.45) is 5.56. The van der Waals surface area contributed by atoms with E-state index in [1.807, 2.05) is 18.7 Å². The third-order valence-electron chi connectivity index (χ3n) is 3.60. The number of rotatable bonds is 4. The zero-order valence-corrected chi connectivity index (χ0v) is 10.2. The number of ether oxygens (including phenoxy) is 1. The van der Waals surface area contributed by atoms with Crippen molar-refractivity contribution in [1.29, 1.82) is 0 Å². The highest BCUT2D eigenvalue weighted by Gasteiger charge is 2.32. The van der Waals surface area contributed by atoms with Crippen LogP contribution in [0.5, 0.6) is 0 Å². The number of nitrogens with one attached hydrogen (secondary N) is 1. The van der Waals surface area contributed by atoms with E-state index in [1.165, 1.54) is 25.7 Å². The molecule has 4 nitrogen and oxygen atoms in total. The van der Waals surface area contributed by atoms with Crippen LogP contribution in [0.1, 0.15) is 39.5 Å². The molecule has 2 fully saturated rings. The lowest BCUT2D eigenvalue weighted by Crippen LogP contribution is -2.37. The highest BCUT2D eigenvalue weighted by Crippen LogP contribution is 2.21. The molecule has 1 saturated heterocycles. The normalized spacial score (nSPS) is 31.6. The molecule has 16 heavy (non-hydrogen) atoms. The lowest BCUT2D eigenvalue weighted by molar-refractivity contribution is -0.130. The van der Waals surface area contributed by atoms with Crippen molar-refractivity contribution in [3.8, 4) is 0 Å². The van der Waals surface area contributed by atoms with E-state index < -0.39 is 0 Å². The van der Waals surface area contributed by atoms with Crippen molar-refractivity contribution in [1.82, 2.24) is 10.2 Å². The summed E-state index contributed by atoms with van der Waals surface area (Å²) in [7, 11) is 0. The lowest BCUT2D eigenvalue weighted by atomic mass is 10.3. The van der Waals surface area contributed by atoms with Gasteiger partial charge in [-0.3, -0.25) is 10.1 Å². The van der Waals surface area contributed by atoms with Crippen LogP contribution in [0.2, 0.25) is 0 Å². The number of amides is 1. The number of carbonyl (C=O) groups excluding carboxylic acids is 1. The SMILES string of the molecule is CC1NC(C)N(CCOC2CCCC2)C1=O. The van der Waals surface area contributed by atoms with Crippen molar-refractivity contribution < 1.29 is 9.53 Å². The average Bonchev–Trinajstić information content (AvgIpc) is 2.82. The first kappa shape index (κ1) is 11.9. The van der Waals surface area contributed by atoms with Crippen LogP contribution in [0.25, 0.3) is 0 Å². The summed E-state index contributed by atoms with van der Waals surface area (Å²) in [5, 5.41) is 3.22. The molecule has 2 aliphatic rings. The second-order valence-electron chi connectivity index (χ2n) is 4.87. The van der Waals surface area contributed by atoms with Gasteiger partial charge in [-0.2, -0.15) is 0 Å². The molecule has 2 atom stereocenters. The van der Waals surface area contributed by atoms with Crippen molar-refractivity contribution >= 4 is 5.91 Å². The number of nitrogens with zero attached hydrogens (tertiary/aromatic N) is 1. The molecule has 0 radical (unpaired) electrons. The average molecular weight is 226 g/mol. The van der Waals surface area contributed by atoms with Crippen LogP contribution < -0.4 is 5.32 Å². The fourth-order valence-corrected chi connectivity index (χ4v) is 2.64. The molecule has 0 aromatic rings. The van der Waals surface area contributed by atoms with Gasteiger partial charge in [0.2, 0.25) is 5.91 Å². The van der Waals surface area contributed by atoms with E-state index in [1.54, 1.807) is 0 Å². The fraction of sp³-hybridized carbons (Fsp3) is 0.917. The molecule has 0 aromatic carbocycles. The molecule has 1 aliphatic carbocycles. The maximum Gasteiger partial charge on any atom is 0.240 e. The zero-order valence-electron chi connectivity index (χ0n) is 10.2. The first-order valence-electron chi connectivity index (χ1n) is 6.36. The minimum absolute atomic E-state index is 0.0403. The van der Waals surface area contributed by atoms with E-state index in [0.717, 1.165) is 0 Å². The van der Waals surface area contributed by atoms with E-state index in [4.69, 9.17) is 4.74 Å². The molecule has 4 heteroatoms. The number of carbonyl (C=O) groups is 1. The second-order valence-corrected chi connectivity index (χ2v) is 4.87. The highest BCUT2D eigenvalue weighted by molar-refractivity contribution is 5.83. The third-order valence-corrected chi connectivity index (χ3v) is 3.60. The smallest absolute Gasteiger partial charge is 0.240 e. The Kier molecular flexibility index (Phi) is 3.82. The summed E-state index contributed by atoms with van der Waals surface area (Å²) in [5.74, 6) is 0.197. The van der Waals surface area contributed by atoms with Crippen molar-refractivity contribution in [3.05, 3.63) is 0 Å². The summed E-state index contributed by atoms with van der Waals surface area (Å²) in [4.78, 5) is 13.6. The Morgan fingerprint density at radius 3 is 2.62 bits per heavy atom. The maximum atomic E-state index is 11.8. The molecular formula is C12H22N2O2. The van der Waals surface area contributed by atoms with Crippen LogP contribution in [0, 0.1) is 0 Å². The molecule has 1 aliphatic heterocycles. The van der Waals surface area contributed by atoms with Crippen LogP contribution in [0.4, 0.5) is 0 Å². The van der Waals surface area contributed by atoms with Gasteiger partial charge in [-0.15, -0.1) is 0 Å². The fourth-order valence-electron chi connectivity index (χ4n) is 2.64. The van der Waals surface area contributed by atoms with Crippen molar-refractivity contribution in [3.63, 3.8) is 0 Å². The zero-order chi connectivity index (χ0) is 11.5. The van der Waals surface area contributed by atoms with Gasteiger partial charge in [0.15, 0.2) is 0 Å². The molecule has 1 saturated carbocycles. The van der Waals surface area contributed by atoms with E-state index in [9.17, 15) is 4.79 Å². The molecule has 1 heterocycles. The largest absolute Gasteiger partial charge is 0.376 e. The highest BCUT2D eigenvalue weighted by atomic mass is 16.5. The molecule has 0 spiro atoms. The first-order valence-corrected chi connectivity index (χ1v) is 6.36. The maximum absolute atomic E-state index is 11.8. The minimum Gasteiger partial charge on any atom is -0.376 e. The summed E-state index contributed by atoms with van der Waals surface area (Å²) < 4.78 is 5.78. The van der Waals surface area contributed by atoms with E-state index in [2.05, 4.69) is 5.32 Å². The molecule has 0 bridgehead atoms. The molecule has 0 aromatic heterocycles. The van der Waals surface area contributed by atoms with Gasteiger partial charge in [0.1, 0.15) is 0 Å². The van der Waals surface area contributed by atoms with Gasteiger partial charge in [-0.25, -0.2) is 0 Å². The quantitative estimate of drug-likeness (QED) is 0.781. The van der Waals surface area contributed by atoms with Crippen LogP contribution in [0.3, 0.4) is 0 Å². The number of hydrogen-bond acceptors (Lipinski definition) is 3. The summed E-state index contributed by atoms with van der Waals surface area (Å²) >= 11 is 0. The third kappa shape index (κ3) is 2.55. The summed E-state index contributed by atoms with van der Waals surface area (Å²) in [6.45, 7) is 5.33. The van der Waals surface area contributed by atoms with E-state index in [-0.39, 0.29) is 18.1 Å². The minimum atomic E-state index is -0.0403. The monoisotopic (exact) mass is 226 g/mol. The van der Waals surface area contributed by atoms with Gasteiger partial charge >= 0.3 is 0 Å². The Labute approximate surface area is 97.3 Å². The van der Waals surface area contributed by atoms with Crippen molar-refractivity contribution in [2.45, 2.75) is 57.8 Å². The van der Waals surface area contributed by atoms with Crippen LogP contribution in [0.15, 0.2) is 0 Å². The summed E-state index contributed by atoms with van der Waals surface area (Å²) in [6, 6.07) is -0.0403. The van der Waals surface area contributed by atoms with E-state index in [0.29, 0.717) is 19.3 Å². The topological polar surface area (TPSA) is 41.6 Å². The van der Waals surface area contributed by atoms with Gasteiger partial charge in [-0.05, 0) is 26.7 Å². The molecule has 2 rings (SSSR count). The Balaban J connectivity index is 1.70. The Morgan fingerprint density at radius 2 is 2.06 bits per heavy atom. The summed E-state index contributed by atoms with van der Waals surface area (Å²) in [5.41, 5.74) is 0. The number of hydrogen-bond donors (Lipinski definition) is 1. The first-order chi connectivity index (χ1) is 7.68. The molecule has 1 amide bonds. The van der Waals surface area contributed by atoms with Crippen molar-refractivity contribution in [2.75, 3.05) is 13.2 Å². The lowest BCUT2D eigenvalue weighted by Gasteiger charge is -2.21. The molecular weight excluding hydrogens is 204 g/mol. The predicted octanol–water partition coefficient (Wildman–Crippen LogP) is 1.11. The van der Waals surface area contributed by atoms with Crippen LogP contribution in [-0.4, -0.2) is 42.3 Å². The van der Waals surface area contributed by atoms with Gasteiger partial charge in [0, 0.05) is 6.54 Å². The standard InChI is InChI=1S/C12H22N2O2/c1-9-12(15)14(10(2)13-9)7-8-16-11-5-3-4-6-11/h9-11,13H,3-8H2,1-2H3. The second kappa shape index (κ2) is 5.15. The molecule has 1 N–H and O–H groups in total.